The van der Waals surface area contributed by atoms with E-state index in [0.717, 1.165) is 33.6 Å². The molecule has 0 N–H and O–H groups in total. The van der Waals surface area contributed by atoms with Crippen LogP contribution in [0.4, 0.5) is 0 Å². The SMILES string of the molecule is Cc1nc(-c2ccccc2)n2c1c(Cl)nc1ccc(Cl)cc12. The largest absolute Gasteiger partial charge is 0.288 e. The molecule has 0 fully saturated rings. The Kier molecular flexibility index (Phi) is 3.06. The summed E-state index contributed by atoms with van der Waals surface area (Å²) in [4.78, 5) is 9.15. The summed E-state index contributed by atoms with van der Waals surface area (Å²) in [6, 6.07) is 15.6. The fraction of sp³-hybridized carbons (Fsp3) is 0.0588. The number of hydrogen-bond acceptors (Lipinski definition) is 2. The van der Waals surface area contributed by atoms with E-state index < -0.39 is 0 Å². The zero-order valence-electron chi connectivity index (χ0n) is 11.7. The van der Waals surface area contributed by atoms with Crippen LogP contribution in [0.3, 0.4) is 0 Å². The Balaban J connectivity index is 2.23. The Morgan fingerprint density at radius 2 is 1.73 bits per heavy atom. The third-order valence-electron chi connectivity index (χ3n) is 3.68. The van der Waals surface area contributed by atoms with Gasteiger partial charge in [0.1, 0.15) is 11.3 Å². The lowest BCUT2D eigenvalue weighted by atomic mass is 10.2. The number of aryl methyl sites for hydroxylation is 1. The van der Waals surface area contributed by atoms with Crippen LogP contribution in [0.25, 0.3) is 27.9 Å². The average molecular weight is 328 g/mol. The third kappa shape index (κ3) is 1.97. The van der Waals surface area contributed by atoms with Crippen LogP contribution in [0.15, 0.2) is 48.5 Å². The number of rotatable bonds is 1. The maximum atomic E-state index is 6.38. The number of halogens is 2. The van der Waals surface area contributed by atoms with E-state index in [0.29, 0.717) is 10.2 Å². The monoisotopic (exact) mass is 327 g/mol. The molecule has 0 aliphatic rings. The molecule has 0 saturated carbocycles. The third-order valence-corrected chi connectivity index (χ3v) is 4.17. The van der Waals surface area contributed by atoms with E-state index in [9.17, 15) is 0 Å². The van der Waals surface area contributed by atoms with E-state index in [4.69, 9.17) is 28.2 Å². The molecule has 22 heavy (non-hydrogen) atoms. The molecule has 0 spiro atoms. The first-order chi connectivity index (χ1) is 10.6. The molecule has 4 rings (SSSR count). The van der Waals surface area contributed by atoms with Gasteiger partial charge in [-0.1, -0.05) is 53.5 Å². The molecular weight excluding hydrogens is 317 g/mol. The summed E-state index contributed by atoms with van der Waals surface area (Å²) in [6.07, 6.45) is 0. The zero-order chi connectivity index (χ0) is 15.3. The van der Waals surface area contributed by atoms with Crippen molar-refractivity contribution in [3.05, 3.63) is 64.4 Å². The van der Waals surface area contributed by atoms with E-state index in [1.165, 1.54) is 0 Å². The average Bonchev–Trinajstić information content (AvgIpc) is 2.88. The maximum Gasteiger partial charge on any atom is 0.155 e. The van der Waals surface area contributed by atoms with E-state index in [1.807, 2.05) is 59.9 Å². The van der Waals surface area contributed by atoms with Gasteiger partial charge in [-0.2, -0.15) is 0 Å². The molecule has 0 amide bonds. The van der Waals surface area contributed by atoms with E-state index in [2.05, 4.69) is 4.98 Å². The van der Waals surface area contributed by atoms with Crippen molar-refractivity contribution >= 4 is 39.8 Å². The summed E-state index contributed by atoms with van der Waals surface area (Å²) >= 11 is 12.5. The minimum Gasteiger partial charge on any atom is -0.288 e. The van der Waals surface area contributed by atoms with Gasteiger partial charge in [-0.05, 0) is 25.1 Å². The van der Waals surface area contributed by atoms with Crippen LogP contribution in [0, 0.1) is 6.92 Å². The minimum absolute atomic E-state index is 0.446. The summed E-state index contributed by atoms with van der Waals surface area (Å²) in [6.45, 7) is 1.94. The van der Waals surface area contributed by atoms with Crippen molar-refractivity contribution in [2.24, 2.45) is 0 Å². The van der Waals surface area contributed by atoms with Crippen molar-refractivity contribution in [1.82, 2.24) is 14.4 Å². The van der Waals surface area contributed by atoms with Crippen molar-refractivity contribution in [3.63, 3.8) is 0 Å². The highest BCUT2D eigenvalue weighted by Crippen LogP contribution is 2.31. The molecule has 4 aromatic rings. The first-order valence-electron chi connectivity index (χ1n) is 6.84. The van der Waals surface area contributed by atoms with Gasteiger partial charge in [-0.3, -0.25) is 4.40 Å². The molecule has 2 aromatic carbocycles. The summed E-state index contributed by atoms with van der Waals surface area (Å²) in [5.41, 5.74) is 4.37. The highest BCUT2D eigenvalue weighted by atomic mass is 35.5. The first-order valence-corrected chi connectivity index (χ1v) is 7.60. The van der Waals surface area contributed by atoms with Gasteiger partial charge in [0.05, 0.1) is 16.7 Å². The minimum atomic E-state index is 0.446. The van der Waals surface area contributed by atoms with Gasteiger partial charge < -0.3 is 0 Å². The molecular formula is C17H11Cl2N3. The van der Waals surface area contributed by atoms with Gasteiger partial charge >= 0.3 is 0 Å². The highest BCUT2D eigenvalue weighted by Gasteiger charge is 2.16. The summed E-state index contributed by atoms with van der Waals surface area (Å²) in [5, 5.41) is 1.10. The summed E-state index contributed by atoms with van der Waals surface area (Å²) in [7, 11) is 0. The molecule has 108 valence electrons. The van der Waals surface area contributed by atoms with Crippen molar-refractivity contribution in [2.45, 2.75) is 6.92 Å². The van der Waals surface area contributed by atoms with Gasteiger partial charge in [-0.25, -0.2) is 9.97 Å². The zero-order valence-corrected chi connectivity index (χ0v) is 13.2. The predicted molar refractivity (Wildman–Crippen MR) is 90.7 cm³/mol. The lowest BCUT2D eigenvalue weighted by molar-refractivity contribution is 1.19. The number of nitrogens with zero attached hydrogens (tertiary/aromatic N) is 3. The Morgan fingerprint density at radius 1 is 0.955 bits per heavy atom. The Labute approximate surface area is 137 Å². The predicted octanol–water partition coefficient (Wildman–Crippen LogP) is 5.16. The first kappa shape index (κ1) is 13.6. The number of fused-ring (bicyclic) bond motifs is 3. The smallest absolute Gasteiger partial charge is 0.155 e. The number of benzene rings is 2. The molecule has 0 bridgehead atoms. The lowest BCUT2D eigenvalue weighted by Crippen LogP contribution is -1.95. The Morgan fingerprint density at radius 3 is 2.50 bits per heavy atom. The van der Waals surface area contributed by atoms with Gasteiger partial charge in [0.2, 0.25) is 0 Å². The Bertz CT molecular complexity index is 1010. The second-order valence-corrected chi connectivity index (χ2v) is 5.90. The normalized spacial score (nSPS) is 11.4. The van der Waals surface area contributed by atoms with E-state index in [-0.39, 0.29) is 0 Å². The van der Waals surface area contributed by atoms with Gasteiger partial charge in [0.15, 0.2) is 5.15 Å². The molecule has 0 aliphatic heterocycles. The van der Waals surface area contributed by atoms with Crippen molar-refractivity contribution in [3.8, 4) is 11.4 Å². The van der Waals surface area contributed by atoms with Crippen molar-refractivity contribution in [1.29, 1.82) is 0 Å². The lowest BCUT2D eigenvalue weighted by Gasteiger charge is -2.08. The van der Waals surface area contributed by atoms with Crippen LogP contribution >= 0.6 is 23.2 Å². The molecule has 5 heteroatoms. The fourth-order valence-corrected chi connectivity index (χ4v) is 3.19. The molecule has 0 aliphatic carbocycles. The second-order valence-electron chi connectivity index (χ2n) is 5.11. The van der Waals surface area contributed by atoms with Crippen LogP contribution in [0.2, 0.25) is 10.2 Å². The van der Waals surface area contributed by atoms with Crippen LogP contribution < -0.4 is 0 Å². The van der Waals surface area contributed by atoms with Crippen molar-refractivity contribution in [2.75, 3.05) is 0 Å². The molecule has 2 aromatic heterocycles. The quantitative estimate of drug-likeness (QED) is 0.483. The van der Waals surface area contributed by atoms with Gasteiger partial charge in [0, 0.05) is 10.6 Å². The topological polar surface area (TPSA) is 30.2 Å². The second kappa shape index (κ2) is 4.97. The summed E-state index contributed by atoms with van der Waals surface area (Å²) < 4.78 is 2.03. The van der Waals surface area contributed by atoms with Crippen LogP contribution in [0.1, 0.15) is 5.69 Å². The Hall–Kier alpha value is -2.10. The molecule has 3 nitrogen and oxygen atoms in total. The van der Waals surface area contributed by atoms with Gasteiger partial charge in [0.25, 0.3) is 0 Å². The number of hydrogen-bond donors (Lipinski definition) is 0. The molecule has 0 radical (unpaired) electrons. The number of aromatic nitrogens is 3. The van der Waals surface area contributed by atoms with E-state index >= 15 is 0 Å². The van der Waals surface area contributed by atoms with Crippen molar-refractivity contribution < 1.29 is 0 Å². The molecule has 0 atom stereocenters. The maximum absolute atomic E-state index is 6.38. The number of imidazole rings is 1. The molecule has 0 saturated heterocycles. The standard InChI is InChI=1S/C17H11Cl2N3/c1-10-15-16(19)21-13-8-7-12(18)9-14(13)22(15)17(20-10)11-5-3-2-4-6-11/h2-9H,1H3. The fourth-order valence-electron chi connectivity index (χ4n) is 2.72. The van der Waals surface area contributed by atoms with Crippen LogP contribution in [0.5, 0.6) is 0 Å². The highest BCUT2D eigenvalue weighted by molar-refractivity contribution is 6.33. The molecule has 2 heterocycles. The van der Waals surface area contributed by atoms with Crippen LogP contribution in [-0.4, -0.2) is 14.4 Å². The van der Waals surface area contributed by atoms with E-state index in [1.54, 1.807) is 0 Å². The van der Waals surface area contributed by atoms with Crippen LogP contribution in [-0.2, 0) is 0 Å². The van der Waals surface area contributed by atoms with Gasteiger partial charge in [-0.15, -0.1) is 0 Å². The summed E-state index contributed by atoms with van der Waals surface area (Å²) in [5.74, 6) is 0.838. The molecule has 0 unspecified atom stereocenters.